The van der Waals surface area contributed by atoms with Gasteiger partial charge in [-0.05, 0) is 55.7 Å². The third-order valence-corrected chi connectivity index (χ3v) is 4.59. The minimum atomic E-state index is 0.108. The van der Waals surface area contributed by atoms with Crippen molar-refractivity contribution < 1.29 is 4.79 Å². The second kappa shape index (κ2) is 8.49. The Hall–Kier alpha value is -1.35. The summed E-state index contributed by atoms with van der Waals surface area (Å²) in [5, 5.41) is 6.66. The molecule has 0 aromatic heterocycles. The Balaban J connectivity index is 1.89. The van der Waals surface area contributed by atoms with E-state index >= 15 is 0 Å². The van der Waals surface area contributed by atoms with E-state index in [0.29, 0.717) is 12.3 Å². The number of carbonyl (C=O) groups excluding carboxylic acids is 1. The molecule has 1 aliphatic heterocycles. The molecule has 3 nitrogen and oxygen atoms in total. The third-order valence-electron chi connectivity index (χ3n) is 4.59. The first-order chi connectivity index (χ1) is 10.9. The number of hydrogen-bond acceptors (Lipinski definition) is 2. The van der Waals surface area contributed by atoms with Crippen molar-refractivity contribution in [2.24, 2.45) is 11.3 Å². The first-order valence-corrected chi connectivity index (χ1v) is 8.99. The lowest BCUT2D eigenvalue weighted by molar-refractivity contribution is -0.122. The van der Waals surface area contributed by atoms with Gasteiger partial charge in [-0.2, -0.15) is 0 Å². The van der Waals surface area contributed by atoms with E-state index in [1.807, 2.05) is 18.2 Å². The van der Waals surface area contributed by atoms with Crippen LogP contribution in [0.5, 0.6) is 0 Å². The monoisotopic (exact) mass is 316 g/mol. The molecule has 128 valence electrons. The van der Waals surface area contributed by atoms with Gasteiger partial charge >= 0.3 is 0 Å². The predicted molar refractivity (Wildman–Crippen MR) is 96.2 cm³/mol. The molecule has 2 rings (SSSR count). The van der Waals surface area contributed by atoms with Gasteiger partial charge in [0.15, 0.2) is 0 Å². The molecule has 1 aromatic rings. The van der Waals surface area contributed by atoms with Crippen molar-refractivity contribution in [3.8, 4) is 0 Å². The molecule has 1 fully saturated rings. The average molecular weight is 316 g/mol. The van der Waals surface area contributed by atoms with Gasteiger partial charge in [0, 0.05) is 6.42 Å². The van der Waals surface area contributed by atoms with Crippen LogP contribution in [0.4, 0.5) is 0 Å². The summed E-state index contributed by atoms with van der Waals surface area (Å²) < 4.78 is 0. The second-order valence-corrected chi connectivity index (χ2v) is 8.03. The number of piperidine rings is 1. The molecule has 23 heavy (non-hydrogen) atoms. The Morgan fingerprint density at radius 3 is 2.48 bits per heavy atom. The maximum Gasteiger partial charge on any atom is 0.220 e. The highest BCUT2D eigenvalue weighted by molar-refractivity contribution is 5.76. The molecular formula is C20H32N2O. The van der Waals surface area contributed by atoms with Gasteiger partial charge < -0.3 is 10.6 Å². The summed E-state index contributed by atoms with van der Waals surface area (Å²) in [7, 11) is 0. The van der Waals surface area contributed by atoms with Crippen LogP contribution >= 0.6 is 0 Å². The summed E-state index contributed by atoms with van der Waals surface area (Å²) in [5.41, 5.74) is 1.39. The molecule has 0 spiro atoms. The molecular weight excluding hydrogens is 284 g/mol. The van der Waals surface area contributed by atoms with E-state index in [4.69, 9.17) is 0 Å². The second-order valence-electron chi connectivity index (χ2n) is 8.03. The van der Waals surface area contributed by atoms with Gasteiger partial charge in [-0.25, -0.2) is 0 Å². The topological polar surface area (TPSA) is 41.1 Å². The fourth-order valence-electron chi connectivity index (χ4n) is 3.32. The minimum Gasteiger partial charge on any atom is -0.349 e. The maximum absolute atomic E-state index is 12.4. The van der Waals surface area contributed by atoms with Crippen LogP contribution in [0.2, 0.25) is 0 Å². The molecule has 1 saturated heterocycles. The van der Waals surface area contributed by atoms with Crippen molar-refractivity contribution in [3.05, 3.63) is 35.9 Å². The molecule has 1 unspecified atom stereocenters. The van der Waals surface area contributed by atoms with E-state index in [2.05, 4.69) is 43.5 Å². The predicted octanol–water partition coefficient (Wildman–Crippen LogP) is 4.06. The average Bonchev–Trinajstić information content (AvgIpc) is 2.53. The highest BCUT2D eigenvalue weighted by Gasteiger charge is 2.22. The van der Waals surface area contributed by atoms with Gasteiger partial charge in [0.1, 0.15) is 0 Å². The lowest BCUT2D eigenvalue weighted by atomic mass is 9.85. The molecule has 1 heterocycles. The highest BCUT2D eigenvalue weighted by Crippen LogP contribution is 2.29. The van der Waals surface area contributed by atoms with Crippen molar-refractivity contribution in [1.29, 1.82) is 0 Å². The largest absolute Gasteiger partial charge is 0.349 e. The summed E-state index contributed by atoms with van der Waals surface area (Å²) in [6.07, 6.45) is 5.04. The molecule has 2 N–H and O–H groups in total. The molecule has 0 saturated carbocycles. The van der Waals surface area contributed by atoms with E-state index in [-0.39, 0.29) is 17.4 Å². The van der Waals surface area contributed by atoms with Crippen LogP contribution in [0.15, 0.2) is 30.3 Å². The summed E-state index contributed by atoms with van der Waals surface area (Å²) in [5.74, 6) is 0.904. The van der Waals surface area contributed by atoms with Crippen LogP contribution in [-0.4, -0.2) is 19.0 Å². The fraction of sp³-hybridized carbons (Fsp3) is 0.650. The van der Waals surface area contributed by atoms with Crippen LogP contribution in [-0.2, 0) is 4.79 Å². The lowest BCUT2D eigenvalue weighted by Crippen LogP contribution is -2.32. The molecule has 3 heteroatoms. The molecule has 1 aliphatic rings. The van der Waals surface area contributed by atoms with E-state index in [1.54, 1.807) is 0 Å². The first-order valence-electron chi connectivity index (χ1n) is 8.99. The number of amides is 1. The van der Waals surface area contributed by atoms with Crippen molar-refractivity contribution in [2.75, 3.05) is 13.1 Å². The highest BCUT2D eigenvalue weighted by atomic mass is 16.1. The van der Waals surface area contributed by atoms with Gasteiger partial charge in [-0.3, -0.25) is 4.79 Å². The van der Waals surface area contributed by atoms with Crippen molar-refractivity contribution >= 4 is 5.91 Å². The summed E-state index contributed by atoms with van der Waals surface area (Å²) in [6, 6.07) is 10.5. The van der Waals surface area contributed by atoms with E-state index in [0.717, 1.165) is 25.9 Å². The fourth-order valence-corrected chi connectivity index (χ4v) is 3.32. The van der Waals surface area contributed by atoms with Crippen molar-refractivity contribution in [3.63, 3.8) is 0 Å². The normalized spacial score (nSPS) is 17.7. The van der Waals surface area contributed by atoms with Crippen LogP contribution in [0, 0.1) is 11.3 Å². The van der Waals surface area contributed by atoms with Crippen LogP contribution < -0.4 is 10.6 Å². The Bertz CT molecular complexity index is 472. The zero-order chi connectivity index (χ0) is 16.7. The Kier molecular flexibility index (Phi) is 6.64. The number of rotatable bonds is 6. The number of hydrogen-bond donors (Lipinski definition) is 2. The van der Waals surface area contributed by atoms with Gasteiger partial charge in [0.2, 0.25) is 5.91 Å². The SMILES string of the molecule is CC(C)(C)CC(NC(=O)CCC1CCNCC1)c1ccccc1. The molecule has 0 aliphatic carbocycles. The quantitative estimate of drug-likeness (QED) is 0.831. The van der Waals surface area contributed by atoms with Gasteiger partial charge in [0.05, 0.1) is 6.04 Å². The van der Waals surface area contributed by atoms with Crippen LogP contribution in [0.3, 0.4) is 0 Å². The molecule has 0 bridgehead atoms. The zero-order valence-electron chi connectivity index (χ0n) is 14.9. The summed E-state index contributed by atoms with van der Waals surface area (Å²) >= 11 is 0. The van der Waals surface area contributed by atoms with Crippen LogP contribution in [0.25, 0.3) is 0 Å². The van der Waals surface area contributed by atoms with Gasteiger partial charge in [0.25, 0.3) is 0 Å². The molecule has 1 atom stereocenters. The summed E-state index contributed by atoms with van der Waals surface area (Å²) in [4.78, 5) is 12.4. The smallest absolute Gasteiger partial charge is 0.220 e. The Morgan fingerprint density at radius 2 is 1.87 bits per heavy atom. The third kappa shape index (κ3) is 6.74. The maximum atomic E-state index is 12.4. The van der Waals surface area contributed by atoms with Gasteiger partial charge in [-0.15, -0.1) is 0 Å². The number of nitrogens with one attached hydrogen (secondary N) is 2. The van der Waals surface area contributed by atoms with E-state index in [9.17, 15) is 4.79 Å². The number of benzene rings is 1. The molecule has 0 radical (unpaired) electrons. The van der Waals surface area contributed by atoms with Crippen LogP contribution in [0.1, 0.15) is 64.5 Å². The first kappa shape index (κ1) is 18.0. The minimum absolute atomic E-state index is 0.108. The standard InChI is InChI=1S/C20H32N2O/c1-20(2,3)15-18(17-7-5-4-6-8-17)22-19(23)10-9-16-11-13-21-14-12-16/h4-8,16,18,21H,9-15H2,1-3H3,(H,22,23). The lowest BCUT2D eigenvalue weighted by Gasteiger charge is -2.28. The molecule has 1 amide bonds. The van der Waals surface area contributed by atoms with Gasteiger partial charge in [-0.1, -0.05) is 51.1 Å². The Labute approximate surface area is 141 Å². The molecule has 1 aromatic carbocycles. The van der Waals surface area contributed by atoms with Crippen molar-refractivity contribution in [2.45, 2.75) is 58.9 Å². The van der Waals surface area contributed by atoms with E-state index < -0.39 is 0 Å². The van der Waals surface area contributed by atoms with E-state index in [1.165, 1.54) is 18.4 Å². The summed E-state index contributed by atoms with van der Waals surface area (Å²) in [6.45, 7) is 8.88. The number of carbonyl (C=O) groups is 1. The zero-order valence-corrected chi connectivity index (χ0v) is 14.9. The Morgan fingerprint density at radius 1 is 1.22 bits per heavy atom. The van der Waals surface area contributed by atoms with Crippen molar-refractivity contribution in [1.82, 2.24) is 10.6 Å².